The van der Waals surface area contributed by atoms with E-state index in [1.54, 1.807) is 12.5 Å². The molecule has 0 saturated heterocycles. The normalized spacial score (nSPS) is 17.7. The van der Waals surface area contributed by atoms with Gasteiger partial charge in [0.25, 0.3) is 0 Å². The Hall–Kier alpha value is -1.33. The average Bonchev–Trinajstić information content (AvgIpc) is 2.80. The highest BCUT2D eigenvalue weighted by atomic mass is 16.5. The number of nitrogens with one attached hydrogen (secondary N) is 1. The first-order valence-corrected chi connectivity index (χ1v) is 4.58. The van der Waals surface area contributed by atoms with Gasteiger partial charge in [-0.25, -0.2) is 10.4 Å². The first kappa shape index (κ1) is 9.23. The van der Waals surface area contributed by atoms with Gasteiger partial charge in [-0.1, -0.05) is 0 Å². The van der Waals surface area contributed by atoms with E-state index in [0.717, 1.165) is 24.5 Å². The van der Waals surface area contributed by atoms with E-state index in [4.69, 9.17) is 10.6 Å². The van der Waals surface area contributed by atoms with E-state index in [-0.39, 0.29) is 6.04 Å². The Morgan fingerprint density at radius 3 is 3.07 bits per heavy atom. The van der Waals surface area contributed by atoms with Crippen LogP contribution in [0.1, 0.15) is 18.2 Å². The van der Waals surface area contributed by atoms with E-state index in [1.165, 1.54) is 0 Å². The van der Waals surface area contributed by atoms with Gasteiger partial charge in [-0.2, -0.15) is 0 Å². The van der Waals surface area contributed by atoms with Gasteiger partial charge in [-0.05, 0) is 6.08 Å². The first-order valence-electron chi connectivity index (χ1n) is 4.58. The minimum Gasteiger partial charge on any atom is -0.496 e. The first-order chi connectivity index (χ1) is 6.83. The fourth-order valence-electron chi connectivity index (χ4n) is 1.60. The fraction of sp³-hybridized carbons (Fsp3) is 0.444. The number of hydrogen-bond acceptors (Lipinski definition) is 4. The van der Waals surface area contributed by atoms with Crippen molar-refractivity contribution in [3.63, 3.8) is 0 Å². The molecular weight excluding hydrogens is 180 g/mol. The molecule has 1 aliphatic heterocycles. The molecule has 5 nitrogen and oxygen atoms in total. The summed E-state index contributed by atoms with van der Waals surface area (Å²) in [4.78, 5) is 4.05. The molecule has 1 aliphatic rings. The molecule has 1 unspecified atom stereocenters. The Morgan fingerprint density at radius 1 is 1.71 bits per heavy atom. The van der Waals surface area contributed by atoms with Crippen molar-refractivity contribution in [1.29, 1.82) is 0 Å². The summed E-state index contributed by atoms with van der Waals surface area (Å²) >= 11 is 0. The van der Waals surface area contributed by atoms with Crippen LogP contribution >= 0.6 is 0 Å². The molecule has 1 aromatic heterocycles. The van der Waals surface area contributed by atoms with Crippen LogP contribution in [0.4, 0.5) is 0 Å². The summed E-state index contributed by atoms with van der Waals surface area (Å²) in [6, 6.07) is -0.0926. The Morgan fingerprint density at radius 2 is 2.57 bits per heavy atom. The summed E-state index contributed by atoms with van der Waals surface area (Å²) in [7, 11) is 1.93. The van der Waals surface area contributed by atoms with E-state index in [0.29, 0.717) is 0 Å². The maximum absolute atomic E-state index is 5.50. The molecule has 0 saturated carbocycles. The molecule has 0 aromatic carbocycles. The Kier molecular flexibility index (Phi) is 2.51. The molecule has 2 heterocycles. The molecule has 3 N–H and O–H groups in total. The van der Waals surface area contributed by atoms with Crippen molar-refractivity contribution in [1.82, 2.24) is 15.0 Å². The van der Waals surface area contributed by atoms with Crippen LogP contribution in [0.2, 0.25) is 0 Å². The molecule has 1 aromatic rings. The largest absolute Gasteiger partial charge is 0.496 e. The molecule has 0 radical (unpaired) electrons. The summed E-state index contributed by atoms with van der Waals surface area (Å²) in [6.07, 6.45) is 6.53. The molecule has 1 atom stereocenters. The van der Waals surface area contributed by atoms with Crippen LogP contribution in [0.3, 0.4) is 0 Å². The van der Waals surface area contributed by atoms with Crippen molar-refractivity contribution < 1.29 is 4.74 Å². The third-order valence-corrected chi connectivity index (χ3v) is 2.33. The molecule has 2 rings (SSSR count). The van der Waals surface area contributed by atoms with Gasteiger partial charge in [0.15, 0.2) is 0 Å². The number of hydrogen-bond donors (Lipinski definition) is 2. The average molecular weight is 194 g/mol. The molecule has 14 heavy (non-hydrogen) atoms. The topological polar surface area (TPSA) is 65.1 Å². The number of rotatable bonds is 3. The zero-order valence-electron chi connectivity index (χ0n) is 8.10. The van der Waals surface area contributed by atoms with Crippen molar-refractivity contribution in [2.75, 3.05) is 6.61 Å². The van der Waals surface area contributed by atoms with Crippen LogP contribution in [0.15, 0.2) is 24.4 Å². The van der Waals surface area contributed by atoms with Gasteiger partial charge < -0.3 is 9.30 Å². The van der Waals surface area contributed by atoms with E-state index in [1.807, 2.05) is 11.6 Å². The highest BCUT2D eigenvalue weighted by Crippen LogP contribution is 2.24. The van der Waals surface area contributed by atoms with E-state index < -0.39 is 0 Å². The van der Waals surface area contributed by atoms with Gasteiger partial charge in [-0.15, -0.1) is 0 Å². The fourth-order valence-corrected chi connectivity index (χ4v) is 1.60. The van der Waals surface area contributed by atoms with Crippen LogP contribution in [-0.2, 0) is 11.8 Å². The van der Waals surface area contributed by atoms with E-state index in [2.05, 4.69) is 16.5 Å². The summed E-state index contributed by atoms with van der Waals surface area (Å²) in [5.74, 6) is 6.39. The second-order valence-electron chi connectivity index (χ2n) is 3.27. The van der Waals surface area contributed by atoms with Crippen LogP contribution in [0, 0.1) is 0 Å². The highest BCUT2D eigenvalue weighted by Gasteiger charge is 2.21. The molecule has 0 bridgehead atoms. The van der Waals surface area contributed by atoms with Gasteiger partial charge in [0, 0.05) is 13.5 Å². The molecule has 0 spiro atoms. The predicted octanol–water partition coefficient (Wildman–Crippen LogP) is 0.229. The lowest BCUT2D eigenvalue weighted by Crippen LogP contribution is -2.30. The zero-order chi connectivity index (χ0) is 9.97. The maximum Gasteiger partial charge on any atom is 0.120 e. The number of nitrogens with zero attached hydrogens (tertiary/aromatic N) is 2. The Labute approximate surface area is 82.5 Å². The monoisotopic (exact) mass is 194 g/mol. The lowest BCUT2D eigenvalue weighted by molar-refractivity contribution is 0.213. The van der Waals surface area contributed by atoms with Crippen LogP contribution in [0.25, 0.3) is 0 Å². The molecule has 0 amide bonds. The van der Waals surface area contributed by atoms with Gasteiger partial charge in [0.05, 0.1) is 24.8 Å². The number of imidazole rings is 1. The number of ether oxygens (including phenoxy) is 1. The summed E-state index contributed by atoms with van der Waals surface area (Å²) < 4.78 is 7.39. The number of hydrazine groups is 1. The zero-order valence-corrected chi connectivity index (χ0v) is 8.10. The molecular formula is C9H14N4O. The quantitative estimate of drug-likeness (QED) is 0.534. The van der Waals surface area contributed by atoms with Gasteiger partial charge in [-0.3, -0.25) is 5.84 Å². The summed E-state index contributed by atoms with van der Waals surface area (Å²) in [5.41, 5.74) is 3.73. The van der Waals surface area contributed by atoms with Crippen LogP contribution < -0.4 is 11.3 Å². The van der Waals surface area contributed by atoms with E-state index in [9.17, 15) is 0 Å². The second kappa shape index (κ2) is 3.81. The minimum atomic E-state index is -0.0926. The lowest BCUT2D eigenvalue weighted by Gasteiger charge is -2.17. The van der Waals surface area contributed by atoms with Crippen molar-refractivity contribution in [2.45, 2.75) is 12.5 Å². The Bertz CT molecular complexity index is 344. The summed E-state index contributed by atoms with van der Waals surface area (Å²) in [6.45, 7) is 0.741. The van der Waals surface area contributed by atoms with Crippen molar-refractivity contribution in [3.05, 3.63) is 30.1 Å². The third kappa shape index (κ3) is 1.51. The predicted molar refractivity (Wildman–Crippen MR) is 51.9 cm³/mol. The standard InChI is InChI=1S/C9H14N4O/c1-13-6-11-5-7(13)9(12-10)8-3-2-4-14-8/h3,5-6,9,12H,2,4,10H2,1H3. The van der Waals surface area contributed by atoms with Crippen molar-refractivity contribution in [3.8, 4) is 0 Å². The molecule has 0 fully saturated rings. The number of aryl methyl sites for hydroxylation is 1. The van der Waals surface area contributed by atoms with E-state index >= 15 is 0 Å². The number of aromatic nitrogens is 2. The van der Waals surface area contributed by atoms with Gasteiger partial charge in [0.2, 0.25) is 0 Å². The maximum atomic E-state index is 5.50. The molecule has 76 valence electrons. The lowest BCUT2D eigenvalue weighted by atomic mass is 10.2. The molecule has 0 aliphatic carbocycles. The minimum absolute atomic E-state index is 0.0926. The van der Waals surface area contributed by atoms with Crippen LogP contribution in [-0.4, -0.2) is 16.2 Å². The number of nitrogens with two attached hydrogens (primary N) is 1. The second-order valence-corrected chi connectivity index (χ2v) is 3.27. The van der Waals surface area contributed by atoms with Crippen LogP contribution in [0.5, 0.6) is 0 Å². The van der Waals surface area contributed by atoms with Crippen molar-refractivity contribution in [2.24, 2.45) is 12.9 Å². The highest BCUT2D eigenvalue weighted by molar-refractivity contribution is 5.18. The van der Waals surface area contributed by atoms with Gasteiger partial charge in [0.1, 0.15) is 11.8 Å². The summed E-state index contributed by atoms with van der Waals surface area (Å²) in [5, 5.41) is 0. The Balaban J connectivity index is 2.25. The van der Waals surface area contributed by atoms with Gasteiger partial charge >= 0.3 is 0 Å². The smallest absolute Gasteiger partial charge is 0.120 e. The van der Waals surface area contributed by atoms with Crippen molar-refractivity contribution >= 4 is 0 Å². The third-order valence-electron chi connectivity index (χ3n) is 2.33. The molecule has 5 heteroatoms. The SMILES string of the molecule is Cn1cncc1C(NN)C1=CCCO1.